The molecule has 1 aliphatic heterocycles. The summed E-state index contributed by atoms with van der Waals surface area (Å²) in [6, 6.07) is 19.0. The molecule has 1 fully saturated rings. The third-order valence-electron chi connectivity index (χ3n) is 7.82. The van der Waals surface area contributed by atoms with Crippen LogP contribution in [0.25, 0.3) is 0 Å². The van der Waals surface area contributed by atoms with E-state index in [1.54, 1.807) is 0 Å². The van der Waals surface area contributed by atoms with Gasteiger partial charge in [0.15, 0.2) is 0 Å². The van der Waals surface area contributed by atoms with Crippen LogP contribution in [-0.2, 0) is 6.61 Å². The number of anilines is 1. The van der Waals surface area contributed by atoms with Gasteiger partial charge in [-0.2, -0.15) is 0 Å². The van der Waals surface area contributed by atoms with Gasteiger partial charge >= 0.3 is 6.03 Å². The van der Waals surface area contributed by atoms with Crippen LogP contribution in [0, 0.1) is 11.8 Å². The van der Waals surface area contributed by atoms with E-state index in [1.165, 1.54) is 24.1 Å². The van der Waals surface area contributed by atoms with Gasteiger partial charge in [-0.15, -0.1) is 0 Å². The number of benzene rings is 2. The van der Waals surface area contributed by atoms with Gasteiger partial charge < -0.3 is 25.2 Å². The summed E-state index contributed by atoms with van der Waals surface area (Å²) in [5.41, 5.74) is 2.24. The standard InChI is InChI=1S/C35H56N4O2/c1-28(2)20-23-39(32-16-18-33(19-17-32)41-26-30-14-10-9-11-15-30)27-35(5,6)36-25-31(24-29(3)4)37-34(40)38-21-12-7-8-13-22-38/h9-11,14-19,28-29,31,36H,7-8,12-13,20-27H2,1-6H3,(H,37,40). The fourth-order valence-electron chi connectivity index (χ4n) is 5.44. The molecule has 1 saturated heterocycles. The zero-order chi connectivity index (χ0) is 29.7. The van der Waals surface area contributed by atoms with E-state index < -0.39 is 0 Å². The Morgan fingerprint density at radius 2 is 1.59 bits per heavy atom. The van der Waals surface area contributed by atoms with Crippen molar-refractivity contribution in [1.82, 2.24) is 15.5 Å². The maximum Gasteiger partial charge on any atom is 0.317 e. The average Bonchev–Trinajstić information content (AvgIpc) is 3.23. The fourth-order valence-corrected chi connectivity index (χ4v) is 5.44. The van der Waals surface area contributed by atoms with Gasteiger partial charge in [-0.05, 0) is 81.2 Å². The lowest BCUT2D eigenvalue weighted by molar-refractivity contribution is 0.192. The largest absolute Gasteiger partial charge is 0.489 e. The average molecular weight is 565 g/mol. The van der Waals surface area contributed by atoms with Gasteiger partial charge in [-0.1, -0.05) is 70.9 Å². The van der Waals surface area contributed by atoms with Crippen LogP contribution in [0.2, 0.25) is 0 Å². The van der Waals surface area contributed by atoms with Crippen molar-refractivity contribution >= 4 is 11.7 Å². The molecule has 1 aliphatic rings. The normalized spacial score (nSPS) is 15.1. The number of nitrogens with one attached hydrogen (secondary N) is 2. The maximum absolute atomic E-state index is 13.1. The molecule has 0 radical (unpaired) electrons. The highest BCUT2D eigenvalue weighted by Gasteiger charge is 2.25. The van der Waals surface area contributed by atoms with E-state index in [-0.39, 0.29) is 17.6 Å². The van der Waals surface area contributed by atoms with Crippen LogP contribution in [0.4, 0.5) is 10.5 Å². The van der Waals surface area contributed by atoms with Gasteiger partial charge in [0, 0.05) is 50.0 Å². The minimum absolute atomic E-state index is 0.102. The van der Waals surface area contributed by atoms with Crippen LogP contribution < -0.4 is 20.3 Å². The molecule has 6 heteroatoms. The molecule has 1 atom stereocenters. The first-order chi connectivity index (χ1) is 19.6. The van der Waals surface area contributed by atoms with Crippen LogP contribution in [-0.4, -0.2) is 55.2 Å². The van der Waals surface area contributed by atoms with Gasteiger partial charge in [0.1, 0.15) is 12.4 Å². The van der Waals surface area contributed by atoms with Crippen LogP contribution in [0.3, 0.4) is 0 Å². The Morgan fingerprint density at radius 1 is 0.927 bits per heavy atom. The van der Waals surface area contributed by atoms with Crippen molar-refractivity contribution in [2.75, 3.05) is 37.6 Å². The molecule has 0 saturated carbocycles. The molecular weight excluding hydrogens is 508 g/mol. The molecule has 1 heterocycles. The van der Waals surface area contributed by atoms with Crippen LogP contribution >= 0.6 is 0 Å². The quantitative estimate of drug-likeness (QED) is 0.235. The Kier molecular flexibility index (Phi) is 13.3. The number of likely N-dealkylation sites (tertiary alicyclic amines) is 1. The van der Waals surface area contributed by atoms with Crippen molar-refractivity contribution < 1.29 is 9.53 Å². The summed E-state index contributed by atoms with van der Waals surface area (Å²) >= 11 is 0. The maximum atomic E-state index is 13.1. The molecule has 6 nitrogen and oxygen atoms in total. The highest BCUT2D eigenvalue weighted by atomic mass is 16.5. The van der Waals surface area contributed by atoms with E-state index in [2.05, 4.69) is 93.5 Å². The van der Waals surface area contributed by atoms with E-state index in [1.807, 2.05) is 23.1 Å². The Balaban J connectivity index is 1.61. The number of hydrogen-bond acceptors (Lipinski definition) is 4. The predicted octanol–water partition coefficient (Wildman–Crippen LogP) is 7.49. The van der Waals surface area contributed by atoms with Crippen LogP contribution in [0.15, 0.2) is 54.6 Å². The van der Waals surface area contributed by atoms with E-state index in [9.17, 15) is 4.79 Å². The van der Waals surface area contributed by atoms with E-state index in [0.717, 1.165) is 64.2 Å². The second-order valence-electron chi connectivity index (χ2n) is 13.3. The first kappa shape index (κ1) is 32.8. The summed E-state index contributed by atoms with van der Waals surface area (Å²) in [4.78, 5) is 17.6. The predicted molar refractivity (Wildman–Crippen MR) is 173 cm³/mol. The van der Waals surface area contributed by atoms with Crippen molar-refractivity contribution in [3.8, 4) is 5.75 Å². The lowest BCUT2D eigenvalue weighted by atomic mass is 9.99. The van der Waals surface area contributed by atoms with Crippen LogP contribution in [0.1, 0.15) is 85.6 Å². The third-order valence-corrected chi connectivity index (χ3v) is 7.82. The number of rotatable bonds is 15. The molecule has 0 aliphatic carbocycles. The molecule has 1 unspecified atom stereocenters. The molecule has 0 bridgehead atoms. The number of hydrogen-bond donors (Lipinski definition) is 2. The van der Waals surface area contributed by atoms with Gasteiger partial charge in [0.05, 0.1) is 0 Å². The van der Waals surface area contributed by atoms with Crippen molar-refractivity contribution in [1.29, 1.82) is 0 Å². The Hall–Kier alpha value is -2.73. The SMILES string of the molecule is CC(C)CCN(CC(C)(C)NCC(CC(C)C)NC(=O)N1CCCCCC1)c1ccc(OCc2ccccc2)cc1. The Labute approximate surface area is 250 Å². The first-order valence-electron chi connectivity index (χ1n) is 15.9. The van der Waals surface area contributed by atoms with Gasteiger partial charge in [-0.25, -0.2) is 4.79 Å². The summed E-state index contributed by atoms with van der Waals surface area (Å²) in [7, 11) is 0. The fraction of sp³-hybridized carbons (Fsp3) is 0.629. The van der Waals surface area contributed by atoms with E-state index in [4.69, 9.17) is 4.74 Å². The molecule has 2 aromatic carbocycles. The molecule has 2 amide bonds. The molecule has 3 rings (SSSR count). The molecule has 0 aromatic heterocycles. The van der Waals surface area contributed by atoms with Crippen molar-refractivity contribution in [2.24, 2.45) is 11.8 Å². The first-order valence-corrected chi connectivity index (χ1v) is 15.9. The molecule has 228 valence electrons. The monoisotopic (exact) mass is 564 g/mol. The minimum Gasteiger partial charge on any atom is -0.489 e. The van der Waals surface area contributed by atoms with Gasteiger partial charge in [0.2, 0.25) is 0 Å². The van der Waals surface area contributed by atoms with E-state index in [0.29, 0.717) is 18.4 Å². The van der Waals surface area contributed by atoms with Gasteiger partial charge in [-0.3, -0.25) is 0 Å². The zero-order valence-corrected chi connectivity index (χ0v) is 26.6. The Morgan fingerprint density at radius 3 is 2.20 bits per heavy atom. The van der Waals surface area contributed by atoms with Crippen molar-refractivity contribution in [3.05, 3.63) is 60.2 Å². The Bertz CT molecular complexity index is 999. The molecular formula is C35H56N4O2. The zero-order valence-electron chi connectivity index (χ0n) is 26.6. The number of urea groups is 1. The summed E-state index contributed by atoms with van der Waals surface area (Å²) in [6.07, 6.45) is 6.77. The topological polar surface area (TPSA) is 56.8 Å². The number of nitrogens with zero attached hydrogens (tertiary/aromatic N) is 2. The summed E-state index contributed by atoms with van der Waals surface area (Å²) in [5, 5.41) is 7.19. The second kappa shape index (κ2) is 16.6. The smallest absolute Gasteiger partial charge is 0.317 e. The summed E-state index contributed by atoms with van der Waals surface area (Å²) in [6.45, 7) is 18.5. The molecule has 2 aromatic rings. The summed E-state index contributed by atoms with van der Waals surface area (Å²) < 4.78 is 6.04. The van der Waals surface area contributed by atoms with Crippen molar-refractivity contribution in [2.45, 2.75) is 98.3 Å². The molecule has 41 heavy (non-hydrogen) atoms. The third kappa shape index (κ3) is 12.4. The second-order valence-corrected chi connectivity index (χ2v) is 13.3. The molecule has 0 spiro atoms. The van der Waals surface area contributed by atoms with Crippen LogP contribution in [0.5, 0.6) is 5.75 Å². The lowest BCUT2D eigenvalue weighted by Crippen LogP contribution is -2.55. The van der Waals surface area contributed by atoms with Gasteiger partial charge in [0.25, 0.3) is 0 Å². The van der Waals surface area contributed by atoms with Crippen molar-refractivity contribution in [3.63, 3.8) is 0 Å². The van der Waals surface area contributed by atoms with E-state index >= 15 is 0 Å². The lowest BCUT2D eigenvalue weighted by Gasteiger charge is -2.37. The summed E-state index contributed by atoms with van der Waals surface area (Å²) in [5.74, 6) is 2.03. The highest BCUT2D eigenvalue weighted by molar-refractivity contribution is 5.74. The number of ether oxygens (including phenoxy) is 1. The number of carbonyl (C=O) groups excluding carboxylic acids is 1. The number of carbonyl (C=O) groups is 1. The highest BCUT2D eigenvalue weighted by Crippen LogP contribution is 2.23. The molecule has 2 N–H and O–H groups in total. The minimum atomic E-state index is -0.137. The number of amides is 2.